The first kappa shape index (κ1) is 6.62. The van der Waals surface area contributed by atoms with Crippen molar-refractivity contribution in [1.82, 2.24) is 5.32 Å². The van der Waals surface area contributed by atoms with E-state index in [0.717, 1.165) is 0 Å². The monoisotopic (exact) mass is 138 g/mol. The van der Waals surface area contributed by atoms with Crippen LogP contribution in [0.3, 0.4) is 0 Å². The highest BCUT2D eigenvalue weighted by Gasteiger charge is 2.22. The zero-order valence-corrected chi connectivity index (χ0v) is 5.16. The van der Waals surface area contributed by atoms with Gasteiger partial charge in [-0.25, -0.2) is 4.79 Å². The minimum absolute atomic E-state index is 0.297. The number of nitrogens with one attached hydrogen (secondary N) is 1. The van der Waals surface area contributed by atoms with Gasteiger partial charge in [-0.1, -0.05) is 0 Å². The number of carboxylic acid groups (broad SMARTS) is 1. The van der Waals surface area contributed by atoms with Crippen molar-refractivity contribution in [3.63, 3.8) is 0 Å². The molecule has 10 heavy (non-hydrogen) atoms. The summed E-state index contributed by atoms with van der Waals surface area (Å²) in [5.41, 5.74) is 0.493. The van der Waals surface area contributed by atoms with Gasteiger partial charge < -0.3 is 10.4 Å². The van der Waals surface area contributed by atoms with E-state index >= 15 is 0 Å². The maximum Gasteiger partial charge on any atom is 0.326 e. The molecule has 0 spiro atoms. The van der Waals surface area contributed by atoms with Crippen LogP contribution in [0.5, 0.6) is 0 Å². The van der Waals surface area contributed by atoms with E-state index in [9.17, 15) is 4.79 Å². The Morgan fingerprint density at radius 3 is 3.00 bits per heavy atom. The van der Waals surface area contributed by atoms with E-state index in [-0.39, 0.29) is 0 Å². The summed E-state index contributed by atoms with van der Waals surface area (Å²) in [6.07, 6.45) is 1.74. The molecular formula is C6H6N2O2. The van der Waals surface area contributed by atoms with Gasteiger partial charge in [-0.15, -0.1) is 0 Å². The van der Waals surface area contributed by atoms with Crippen LogP contribution in [0.4, 0.5) is 0 Å². The first-order valence-corrected chi connectivity index (χ1v) is 2.82. The van der Waals surface area contributed by atoms with Crippen molar-refractivity contribution in [2.75, 3.05) is 0 Å². The van der Waals surface area contributed by atoms with Crippen molar-refractivity contribution in [2.45, 2.75) is 12.5 Å². The molecule has 0 aromatic carbocycles. The van der Waals surface area contributed by atoms with Gasteiger partial charge in [0, 0.05) is 18.2 Å². The maximum absolute atomic E-state index is 10.3. The predicted molar refractivity (Wildman–Crippen MR) is 32.9 cm³/mol. The van der Waals surface area contributed by atoms with Crippen LogP contribution in [0.25, 0.3) is 0 Å². The van der Waals surface area contributed by atoms with Gasteiger partial charge >= 0.3 is 5.97 Å². The molecule has 52 valence electrons. The fourth-order valence-electron chi connectivity index (χ4n) is 0.775. The molecule has 0 aromatic heterocycles. The van der Waals surface area contributed by atoms with E-state index in [1.165, 1.54) is 6.20 Å². The molecule has 1 rings (SSSR count). The molecule has 1 heterocycles. The maximum atomic E-state index is 10.3. The summed E-state index contributed by atoms with van der Waals surface area (Å²) in [6.45, 7) is 0. The summed E-state index contributed by atoms with van der Waals surface area (Å²) in [6, 6.07) is 1.28. The molecule has 1 atom stereocenters. The minimum atomic E-state index is -0.915. The average Bonchev–Trinajstić information content (AvgIpc) is 2.34. The van der Waals surface area contributed by atoms with Crippen LogP contribution < -0.4 is 5.32 Å². The van der Waals surface area contributed by atoms with Gasteiger partial charge in [0.2, 0.25) is 0 Å². The van der Waals surface area contributed by atoms with Crippen LogP contribution >= 0.6 is 0 Å². The molecule has 0 saturated heterocycles. The Hall–Kier alpha value is -1.50. The Bertz CT molecular complexity index is 226. The first-order valence-electron chi connectivity index (χ1n) is 2.82. The molecule has 1 aliphatic heterocycles. The number of carboxylic acids is 1. The third-order valence-electron chi connectivity index (χ3n) is 1.32. The van der Waals surface area contributed by atoms with Crippen LogP contribution in [0.15, 0.2) is 11.8 Å². The lowest BCUT2D eigenvalue weighted by molar-refractivity contribution is -0.138. The minimum Gasteiger partial charge on any atom is -0.480 e. The normalized spacial score (nSPS) is 22.7. The summed E-state index contributed by atoms with van der Waals surface area (Å²) in [7, 11) is 0. The Balaban J connectivity index is 2.54. The van der Waals surface area contributed by atoms with Crippen molar-refractivity contribution >= 4 is 5.97 Å². The van der Waals surface area contributed by atoms with Gasteiger partial charge in [-0.2, -0.15) is 5.26 Å². The highest BCUT2D eigenvalue weighted by atomic mass is 16.4. The summed E-state index contributed by atoms with van der Waals surface area (Å²) in [5, 5.41) is 19.3. The molecule has 0 fully saturated rings. The summed E-state index contributed by atoms with van der Waals surface area (Å²) in [5.74, 6) is -0.915. The second-order valence-electron chi connectivity index (χ2n) is 2.04. The zero-order valence-electron chi connectivity index (χ0n) is 5.16. The Morgan fingerprint density at radius 2 is 2.70 bits per heavy atom. The number of nitriles is 1. The van der Waals surface area contributed by atoms with Crippen molar-refractivity contribution in [2.24, 2.45) is 0 Å². The molecule has 0 amide bonds. The summed E-state index contributed by atoms with van der Waals surface area (Å²) in [4.78, 5) is 10.3. The van der Waals surface area contributed by atoms with Crippen molar-refractivity contribution in [3.05, 3.63) is 11.8 Å². The van der Waals surface area contributed by atoms with Gasteiger partial charge in [0.15, 0.2) is 0 Å². The summed E-state index contributed by atoms with van der Waals surface area (Å²) < 4.78 is 0. The molecule has 0 saturated carbocycles. The van der Waals surface area contributed by atoms with Crippen LogP contribution in [0.2, 0.25) is 0 Å². The molecule has 0 aliphatic carbocycles. The van der Waals surface area contributed by atoms with Crippen molar-refractivity contribution < 1.29 is 9.90 Å². The van der Waals surface area contributed by atoms with E-state index < -0.39 is 12.0 Å². The van der Waals surface area contributed by atoms with E-state index in [4.69, 9.17) is 10.4 Å². The molecule has 0 radical (unpaired) electrons. The average molecular weight is 138 g/mol. The Labute approximate surface area is 57.8 Å². The number of carbonyl (C=O) groups is 1. The smallest absolute Gasteiger partial charge is 0.326 e. The number of hydrogen-bond donors (Lipinski definition) is 2. The molecule has 0 aromatic rings. The van der Waals surface area contributed by atoms with Gasteiger partial charge in [0.1, 0.15) is 6.04 Å². The lowest BCUT2D eigenvalue weighted by Gasteiger charge is -2.01. The Morgan fingerprint density at radius 1 is 2.00 bits per heavy atom. The second kappa shape index (κ2) is 2.40. The number of aliphatic carboxylic acids is 1. The predicted octanol–water partition coefficient (Wildman–Crippen LogP) is -0.160. The standard InChI is InChI=1S/C6H6N2O2/c7-2-4-1-5(6(9)10)8-3-4/h3,5,8H,1H2,(H,9,10). The van der Waals surface area contributed by atoms with E-state index in [1.807, 2.05) is 6.07 Å². The van der Waals surface area contributed by atoms with Gasteiger partial charge in [-0.05, 0) is 0 Å². The van der Waals surface area contributed by atoms with Crippen LogP contribution in [0, 0.1) is 11.3 Å². The lowest BCUT2D eigenvalue weighted by atomic mass is 10.2. The molecule has 2 N–H and O–H groups in total. The lowest BCUT2D eigenvalue weighted by Crippen LogP contribution is -2.28. The number of rotatable bonds is 1. The Kier molecular flexibility index (Phi) is 1.59. The number of hydrogen-bond acceptors (Lipinski definition) is 3. The van der Waals surface area contributed by atoms with E-state index in [0.29, 0.717) is 12.0 Å². The molecule has 1 unspecified atom stereocenters. The summed E-state index contributed by atoms with van der Waals surface area (Å²) >= 11 is 0. The second-order valence-corrected chi connectivity index (χ2v) is 2.04. The largest absolute Gasteiger partial charge is 0.480 e. The topological polar surface area (TPSA) is 73.1 Å². The van der Waals surface area contributed by atoms with Gasteiger partial charge in [-0.3, -0.25) is 0 Å². The van der Waals surface area contributed by atoms with E-state index in [2.05, 4.69) is 5.32 Å². The molecular weight excluding hydrogens is 132 g/mol. The van der Waals surface area contributed by atoms with Gasteiger partial charge in [0.25, 0.3) is 0 Å². The highest BCUT2D eigenvalue weighted by Crippen LogP contribution is 2.10. The fraction of sp³-hybridized carbons (Fsp3) is 0.333. The quantitative estimate of drug-likeness (QED) is 0.528. The van der Waals surface area contributed by atoms with E-state index in [1.54, 1.807) is 0 Å². The third-order valence-corrected chi connectivity index (χ3v) is 1.32. The SMILES string of the molecule is N#CC1=CNC(C(=O)O)C1. The molecule has 0 bridgehead atoms. The fourth-order valence-corrected chi connectivity index (χ4v) is 0.775. The molecule has 4 nitrogen and oxygen atoms in total. The highest BCUT2D eigenvalue weighted by molar-refractivity contribution is 5.75. The van der Waals surface area contributed by atoms with Crippen LogP contribution in [-0.4, -0.2) is 17.1 Å². The van der Waals surface area contributed by atoms with Crippen LogP contribution in [0.1, 0.15) is 6.42 Å². The number of nitrogens with zero attached hydrogens (tertiary/aromatic N) is 1. The first-order chi connectivity index (χ1) is 4.74. The molecule has 4 heteroatoms. The van der Waals surface area contributed by atoms with Gasteiger partial charge in [0.05, 0.1) is 6.07 Å². The molecule has 1 aliphatic rings. The van der Waals surface area contributed by atoms with Crippen molar-refractivity contribution in [1.29, 1.82) is 5.26 Å². The van der Waals surface area contributed by atoms with Crippen LogP contribution in [-0.2, 0) is 4.79 Å². The zero-order chi connectivity index (χ0) is 7.56. The third kappa shape index (κ3) is 1.08. The van der Waals surface area contributed by atoms with Crippen molar-refractivity contribution in [3.8, 4) is 6.07 Å².